The Bertz CT molecular complexity index is 2440. The van der Waals surface area contributed by atoms with E-state index in [4.69, 9.17) is 87.3 Å². The van der Waals surface area contributed by atoms with Gasteiger partial charge in [0.1, 0.15) is 22.6 Å². The van der Waals surface area contributed by atoms with Crippen LogP contribution in [-0.2, 0) is 18.3 Å². The van der Waals surface area contributed by atoms with E-state index in [9.17, 15) is 0 Å². The van der Waals surface area contributed by atoms with Gasteiger partial charge in [0.2, 0.25) is 0 Å². The van der Waals surface area contributed by atoms with Gasteiger partial charge in [0.15, 0.2) is 23.3 Å². The van der Waals surface area contributed by atoms with Gasteiger partial charge in [0, 0.05) is 43.8 Å². The summed E-state index contributed by atoms with van der Waals surface area (Å²) in [6.07, 6.45) is 0. The molecule has 5 heterocycles. The molecule has 0 amide bonds. The third kappa shape index (κ3) is 10.6. The zero-order valence-electron chi connectivity index (χ0n) is 28.1. The summed E-state index contributed by atoms with van der Waals surface area (Å²) in [7, 11) is -12.5. The number of rotatable bonds is 0. The van der Waals surface area contributed by atoms with Crippen molar-refractivity contribution in [2.45, 2.75) is 0 Å². The predicted molar refractivity (Wildman–Crippen MR) is 210 cm³/mol. The van der Waals surface area contributed by atoms with Gasteiger partial charge in [0.05, 0.1) is 0 Å². The van der Waals surface area contributed by atoms with Crippen LogP contribution in [-0.4, -0.2) is 79.0 Å². The largest absolute Gasteiger partial charge is 0.326 e. The van der Waals surface area contributed by atoms with Gasteiger partial charge in [0.25, 0.3) is 0 Å². The van der Waals surface area contributed by atoms with Crippen molar-refractivity contribution >= 4 is 77.2 Å². The number of aromatic nitrogens is 8. The lowest BCUT2D eigenvalue weighted by atomic mass is 10.1. The van der Waals surface area contributed by atoms with Gasteiger partial charge in [-0.1, -0.05) is 97.1 Å². The first kappa shape index (κ1) is 42.0. The van der Waals surface area contributed by atoms with E-state index in [2.05, 4.69) is 9.97 Å². The summed E-state index contributed by atoms with van der Waals surface area (Å²) < 4.78 is 35.0. The first-order valence-electron chi connectivity index (χ1n) is 15.6. The van der Waals surface area contributed by atoms with Gasteiger partial charge in [-0.2, -0.15) is 0 Å². The van der Waals surface area contributed by atoms with Crippen LogP contribution in [0.15, 0.2) is 97.1 Å². The van der Waals surface area contributed by atoms with Crippen molar-refractivity contribution < 1.29 is 57.4 Å². The number of hydrogen-bond donors (Lipinski definition) is 10. The minimum atomic E-state index is -3.13. The van der Waals surface area contributed by atoms with Crippen LogP contribution in [0, 0.1) is 0 Å². The third-order valence-corrected chi connectivity index (χ3v) is 7.46. The molecule has 7 aromatic rings. The Morgan fingerprint density at radius 3 is 0.696 bits per heavy atom. The number of nitrogens with zero attached hydrogens (tertiary/aromatic N) is 6. The first-order chi connectivity index (χ1) is 26.7. The van der Waals surface area contributed by atoms with Gasteiger partial charge in [-0.25, -0.2) is 29.9 Å². The summed E-state index contributed by atoms with van der Waals surface area (Å²) in [6, 6.07) is 32.2. The molecule has 0 unspecified atom stereocenters. The smallest absolute Gasteiger partial charge is 0.314 e. The molecule has 0 spiro atoms. The molecule has 0 atom stereocenters. The minimum absolute atomic E-state index is 0.597. The Hall–Kier alpha value is -5.16. The topological polar surface area (TPSA) is 339 Å². The second-order valence-electron chi connectivity index (χ2n) is 10.9. The fourth-order valence-corrected chi connectivity index (χ4v) is 5.59. The third-order valence-electron chi connectivity index (χ3n) is 7.46. The Morgan fingerprint density at radius 2 is 0.500 bits per heavy atom. The monoisotopic (exact) mass is 842 g/mol. The molecule has 0 fully saturated rings. The quantitative estimate of drug-likeness (QED) is 0.0950. The standard InChI is InChI=1S/C32H18N8.4H3O3P/c1-2-10-18-17(9-1)25-33-26(18)38-28-21-13-5-6-14-22(21)30(35-28)40-32-24-16-8-7-15-23(24)31(36-32)39-29-20-12-4-3-11-19(20)27(34-29)37-25;4*1-4(2)3/h1-16H,(H2,33,34,35,36,37,38,39,40);4*4H,(H2,1,2,3). The number of benzene rings is 4. The summed E-state index contributed by atoms with van der Waals surface area (Å²) in [5.41, 5.74) is 6.45. The van der Waals surface area contributed by atoms with E-state index in [1.165, 1.54) is 0 Å². The molecule has 8 bridgehead atoms. The predicted octanol–water partition coefficient (Wildman–Crippen LogP) is 4.31. The second-order valence-corrected chi connectivity index (χ2v) is 13.2. The van der Waals surface area contributed by atoms with Crippen LogP contribution in [0.5, 0.6) is 0 Å². The van der Waals surface area contributed by atoms with Crippen LogP contribution in [0.25, 0.3) is 89.7 Å². The van der Waals surface area contributed by atoms with Crippen LogP contribution < -0.4 is 0 Å². The van der Waals surface area contributed by atoms with Crippen LogP contribution in [0.3, 0.4) is 0 Å². The van der Waals surface area contributed by atoms with Crippen LogP contribution >= 0.6 is 33.0 Å². The molecular weight excluding hydrogens is 812 g/mol. The maximum absolute atomic E-state index is 8.74. The SMILES string of the molecule is O=[PH](O)O.O=[PH](O)O.O=[PH](O)O.O=[PH](O)O.c1ccc2c(c1)-c1nc-2nc2[nH]c(nc3nc(nc4[nH]c(n1)c1ccccc41)-c1ccccc1-3)c1ccccc21. The molecule has 3 aromatic heterocycles. The summed E-state index contributed by atoms with van der Waals surface area (Å²) in [5, 5.41) is 3.82. The molecule has 0 radical (unpaired) electrons. The highest BCUT2D eigenvalue weighted by Crippen LogP contribution is 2.36. The van der Waals surface area contributed by atoms with E-state index >= 15 is 0 Å². The molecule has 56 heavy (non-hydrogen) atoms. The van der Waals surface area contributed by atoms with Gasteiger partial charge < -0.3 is 49.1 Å². The lowest BCUT2D eigenvalue weighted by Crippen LogP contribution is -1.82. The maximum atomic E-state index is 8.74. The molecule has 10 N–H and O–H groups in total. The molecule has 0 aliphatic carbocycles. The summed E-state index contributed by atoms with van der Waals surface area (Å²) in [5.74, 6) is 2.39. The van der Waals surface area contributed by atoms with Crippen molar-refractivity contribution in [1.82, 2.24) is 39.9 Å². The van der Waals surface area contributed by atoms with E-state index in [1.54, 1.807) is 0 Å². The molecule has 0 saturated carbocycles. The summed E-state index contributed by atoms with van der Waals surface area (Å²) >= 11 is 0. The maximum Gasteiger partial charge on any atom is 0.314 e. The fourth-order valence-electron chi connectivity index (χ4n) is 5.59. The van der Waals surface area contributed by atoms with E-state index in [-0.39, 0.29) is 0 Å². The summed E-state index contributed by atoms with van der Waals surface area (Å²) in [6.45, 7) is 0. The lowest BCUT2D eigenvalue weighted by Gasteiger charge is -1.96. The van der Waals surface area contributed by atoms with Gasteiger partial charge in [-0.3, -0.25) is 18.3 Å². The lowest BCUT2D eigenvalue weighted by molar-refractivity contribution is 0.403. The highest BCUT2D eigenvalue weighted by Gasteiger charge is 2.21. The number of hydrogen-bond acceptors (Lipinski definition) is 10. The van der Waals surface area contributed by atoms with E-state index in [0.717, 1.165) is 43.8 Å². The first-order valence-corrected chi connectivity index (χ1v) is 20.8. The van der Waals surface area contributed by atoms with Gasteiger partial charge in [-0.15, -0.1) is 0 Å². The minimum Gasteiger partial charge on any atom is -0.326 e. The fraction of sp³-hybridized carbons (Fsp3) is 0. The van der Waals surface area contributed by atoms with Crippen LogP contribution in [0.2, 0.25) is 0 Å². The molecule has 24 heteroatoms. The van der Waals surface area contributed by atoms with Crippen molar-refractivity contribution in [3.8, 4) is 45.6 Å². The molecule has 9 rings (SSSR count). The highest BCUT2D eigenvalue weighted by atomic mass is 31.1. The Balaban J connectivity index is 0.000000323. The molecular formula is C32H30N8O12P4. The Labute approximate surface area is 316 Å². The van der Waals surface area contributed by atoms with Crippen molar-refractivity contribution in [3.63, 3.8) is 0 Å². The second kappa shape index (κ2) is 19.1. The van der Waals surface area contributed by atoms with E-state index in [0.29, 0.717) is 45.9 Å². The normalized spacial score (nSPS) is 11.1. The van der Waals surface area contributed by atoms with Crippen LogP contribution in [0.4, 0.5) is 0 Å². The van der Waals surface area contributed by atoms with Crippen molar-refractivity contribution in [2.75, 3.05) is 0 Å². The molecule has 2 aliphatic rings. The summed E-state index contributed by atoms with van der Waals surface area (Å²) in [4.78, 5) is 94.0. The molecule has 4 aromatic carbocycles. The Kier molecular flexibility index (Phi) is 14.3. The number of nitrogens with one attached hydrogen (secondary N) is 2. The highest BCUT2D eigenvalue weighted by molar-refractivity contribution is 7.31. The van der Waals surface area contributed by atoms with Gasteiger partial charge in [-0.05, 0) is 0 Å². The molecule has 0 saturated heterocycles. The zero-order valence-corrected chi connectivity index (χ0v) is 32.1. The average molecular weight is 843 g/mol. The number of H-pyrrole nitrogens is 2. The van der Waals surface area contributed by atoms with Crippen LogP contribution in [0.1, 0.15) is 0 Å². The molecule has 290 valence electrons. The number of aromatic amines is 2. The van der Waals surface area contributed by atoms with E-state index in [1.807, 2.05) is 97.1 Å². The molecule has 20 nitrogen and oxygen atoms in total. The van der Waals surface area contributed by atoms with Crippen molar-refractivity contribution in [3.05, 3.63) is 97.1 Å². The Morgan fingerprint density at radius 1 is 0.321 bits per heavy atom. The number of fused-ring (bicyclic) bond motifs is 20. The average Bonchev–Trinajstić information content (AvgIpc) is 3.87. The zero-order chi connectivity index (χ0) is 40.5. The molecule has 2 aliphatic heterocycles. The van der Waals surface area contributed by atoms with Crippen molar-refractivity contribution in [1.29, 1.82) is 0 Å². The van der Waals surface area contributed by atoms with Gasteiger partial charge >= 0.3 is 33.0 Å². The van der Waals surface area contributed by atoms with Crippen molar-refractivity contribution in [2.24, 2.45) is 0 Å². The van der Waals surface area contributed by atoms with E-state index < -0.39 is 33.0 Å².